The lowest BCUT2D eigenvalue weighted by Gasteiger charge is -2.00. The molecule has 2 aromatic rings. The Morgan fingerprint density at radius 2 is 1.67 bits per heavy atom. The first kappa shape index (κ1) is 11.9. The maximum Gasteiger partial charge on any atom is 0.336 e. The standard InChI is InChI=1S/C15H12O3/c16-14-9-5-4-6-12(14)10-11-15(17)18-13-7-2-1-3-8-13/h1-11,16H. The highest BCUT2D eigenvalue weighted by Gasteiger charge is 2.00. The molecule has 1 N–H and O–H groups in total. The number of esters is 1. The summed E-state index contributed by atoms with van der Waals surface area (Å²) in [6.45, 7) is 0. The van der Waals surface area contributed by atoms with Gasteiger partial charge in [-0.2, -0.15) is 0 Å². The van der Waals surface area contributed by atoms with Crippen LogP contribution in [0.3, 0.4) is 0 Å². The van der Waals surface area contributed by atoms with Crippen LogP contribution in [0.5, 0.6) is 11.5 Å². The third-order valence-corrected chi connectivity index (χ3v) is 2.30. The summed E-state index contributed by atoms with van der Waals surface area (Å²) in [5, 5.41) is 9.51. The minimum absolute atomic E-state index is 0.126. The maximum atomic E-state index is 11.5. The molecule has 0 fully saturated rings. The second-order valence-corrected chi connectivity index (χ2v) is 3.63. The topological polar surface area (TPSA) is 46.5 Å². The number of para-hydroxylation sites is 2. The van der Waals surface area contributed by atoms with Crippen LogP contribution in [-0.2, 0) is 4.79 Å². The molecule has 0 amide bonds. The van der Waals surface area contributed by atoms with Crippen molar-refractivity contribution in [3.63, 3.8) is 0 Å². The van der Waals surface area contributed by atoms with E-state index in [1.807, 2.05) is 6.07 Å². The average Bonchev–Trinajstić information content (AvgIpc) is 2.39. The lowest BCUT2D eigenvalue weighted by atomic mass is 10.2. The number of rotatable bonds is 3. The number of hydrogen-bond donors (Lipinski definition) is 1. The van der Waals surface area contributed by atoms with Gasteiger partial charge in [-0.1, -0.05) is 36.4 Å². The molecule has 0 spiro atoms. The van der Waals surface area contributed by atoms with Crippen molar-refractivity contribution in [2.24, 2.45) is 0 Å². The molecule has 0 aliphatic carbocycles. The zero-order chi connectivity index (χ0) is 12.8. The van der Waals surface area contributed by atoms with Gasteiger partial charge in [0.1, 0.15) is 11.5 Å². The van der Waals surface area contributed by atoms with E-state index in [1.54, 1.807) is 48.5 Å². The molecule has 0 atom stereocenters. The van der Waals surface area contributed by atoms with Crippen molar-refractivity contribution in [3.05, 3.63) is 66.2 Å². The fourth-order valence-electron chi connectivity index (χ4n) is 1.42. The number of ether oxygens (including phenoxy) is 1. The summed E-state index contributed by atoms with van der Waals surface area (Å²) in [7, 11) is 0. The fourth-order valence-corrected chi connectivity index (χ4v) is 1.42. The number of carbonyl (C=O) groups is 1. The van der Waals surface area contributed by atoms with E-state index in [0.717, 1.165) is 0 Å². The molecular weight excluding hydrogens is 228 g/mol. The summed E-state index contributed by atoms with van der Waals surface area (Å²) in [4.78, 5) is 11.5. The summed E-state index contributed by atoms with van der Waals surface area (Å²) in [6.07, 6.45) is 2.79. The SMILES string of the molecule is O=C(C=Cc1ccccc1O)Oc1ccccc1. The summed E-state index contributed by atoms with van der Waals surface area (Å²) in [6, 6.07) is 15.6. The summed E-state index contributed by atoms with van der Waals surface area (Å²) in [5.74, 6) is 0.134. The quantitative estimate of drug-likeness (QED) is 0.509. The van der Waals surface area contributed by atoms with Gasteiger partial charge in [-0.3, -0.25) is 0 Å². The third kappa shape index (κ3) is 3.22. The molecule has 0 aliphatic heterocycles. The lowest BCUT2D eigenvalue weighted by Crippen LogP contribution is -2.03. The van der Waals surface area contributed by atoms with E-state index in [4.69, 9.17) is 4.74 Å². The Bertz CT molecular complexity index is 559. The van der Waals surface area contributed by atoms with Gasteiger partial charge in [0.15, 0.2) is 0 Å². The van der Waals surface area contributed by atoms with Crippen LogP contribution in [0.1, 0.15) is 5.56 Å². The van der Waals surface area contributed by atoms with Gasteiger partial charge in [-0.25, -0.2) is 4.79 Å². The highest BCUT2D eigenvalue weighted by Crippen LogP contribution is 2.17. The van der Waals surface area contributed by atoms with E-state index in [0.29, 0.717) is 11.3 Å². The number of benzene rings is 2. The van der Waals surface area contributed by atoms with E-state index >= 15 is 0 Å². The molecule has 3 nitrogen and oxygen atoms in total. The second kappa shape index (κ2) is 5.68. The molecule has 0 bridgehead atoms. The van der Waals surface area contributed by atoms with Gasteiger partial charge in [0, 0.05) is 11.6 Å². The van der Waals surface area contributed by atoms with Crippen molar-refractivity contribution < 1.29 is 14.6 Å². The first-order chi connectivity index (χ1) is 8.75. The van der Waals surface area contributed by atoms with Crippen LogP contribution in [-0.4, -0.2) is 11.1 Å². The van der Waals surface area contributed by atoms with Gasteiger partial charge in [0.25, 0.3) is 0 Å². The molecular formula is C15H12O3. The predicted molar refractivity (Wildman–Crippen MR) is 69.2 cm³/mol. The highest BCUT2D eigenvalue weighted by atomic mass is 16.5. The fraction of sp³-hybridized carbons (Fsp3) is 0. The van der Waals surface area contributed by atoms with Gasteiger partial charge in [-0.15, -0.1) is 0 Å². The van der Waals surface area contributed by atoms with Gasteiger partial charge in [0.05, 0.1) is 0 Å². The minimum Gasteiger partial charge on any atom is -0.507 e. The molecule has 18 heavy (non-hydrogen) atoms. The highest BCUT2D eigenvalue weighted by molar-refractivity contribution is 5.89. The van der Waals surface area contributed by atoms with E-state index < -0.39 is 5.97 Å². The normalized spacial score (nSPS) is 10.4. The first-order valence-electron chi connectivity index (χ1n) is 5.48. The number of phenols is 1. The van der Waals surface area contributed by atoms with Crippen molar-refractivity contribution in [3.8, 4) is 11.5 Å². The van der Waals surface area contributed by atoms with Gasteiger partial charge >= 0.3 is 5.97 Å². The minimum atomic E-state index is -0.482. The van der Waals surface area contributed by atoms with Crippen LogP contribution < -0.4 is 4.74 Å². The molecule has 0 heterocycles. The maximum absolute atomic E-state index is 11.5. The molecule has 0 saturated heterocycles. The Morgan fingerprint density at radius 1 is 1.00 bits per heavy atom. The van der Waals surface area contributed by atoms with Crippen molar-refractivity contribution in [1.82, 2.24) is 0 Å². The van der Waals surface area contributed by atoms with Gasteiger partial charge in [0.2, 0.25) is 0 Å². The van der Waals surface area contributed by atoms with Gasteiger partial charge < -0.3 is 9.84 Å². The first-order valence-corrected chi connectivity index (χ1v) is 5.48. The van der Waals surface area contributed by atoms with E-state index in [1.165, 1.54) is 12.2 Å². The summed E-state index contributed by atoms with van der Waals surface area (Å²) >= 11 is 0. The van der Waals surface area contributed by atoms with E-state index in [2.05, 4.69) is 0 Å². The number of aromatic hydroxyl groups is 1. The van der Waals surface area contributed by atoms with Crippen LogP contribution in [0, 0.1) is 0 Å². The molecule has 3 heteroatoms. The molecule has 90 valence electrons. The number of hydrogen-bond acceptors (Lipinski definition) is 3. The number of carbonyl (C=O) groups excluding carboxylic acids is 1. The smallest absolute Gasteiger partial charge is 0.336 e. The Balaban J connectivity index is 2.02. The van der Waals surface area contributed by atoms with Crippen LogP contribution in [0.4, 0.5) is 0 Å². The Hall–Kier alpha value is -2.55. The van der Waals surface area contributed by atoms with Gasteiger partial charge in [-0.05, 0) is 24.3 Å². The zero-order valence-corrected chi connectivity index (χ0v) is 9.61. The Kier molecular flexibility index (Phi) is 3.76. The zero-order valence-electron chi connectivity index (χ0n) is 9.61. The van der Waals surface area contributed by atoms with Crippen molar-refractivity contribution in [2.45, 2.75) is 0 Å². The largest absolute Gasteiger partial charge is 0.507 e. The Morgan fingerprint density at radius 3 is 2.39 bits per heavy atom. The number of phenolic OH excluding ortho intramolecular Hbond substituents is 1. The van der Waals surface area contributed by atoms with E-state index in [-0.39, 0.29) is 5.75 Å². The molecule has 2 aromatic carbocycles. The monoisotopic (exact) mass is 240 g/mol. The van der Waals surface area contributed by atoms with Crippen LogP contribution >= 0.6 is 0 Å². The molecule has 0 saturated carbocycles. The molecule has 0 aliphatic rings. The molecule has 0 unspecified atom stereocenters. The second-order valence-electron chi connectivity index (χ2n) is 3.63. The van der Waals surface area contributed by atoms with Crippen LogP contribution in [0.25, 0.3) is 6.08 Å². The van der Waals surface area contributed by atoms with Crippen LogP contribution in [0.2, 0.25) is 0 Å². The van der Waals surface area contributed by atoms with Crippen LogP contribution in [0.15, 0.2) is 60.7 Å². The molecule has 2 rings (SSSR count). The average molecular weight is 240 g/mol. The third-order valence-electron chi connectivity index (χ3n) is 2.30. The molecule has 0 aromatic heterocycles. The van der Waals surface area contributed by atoms with Crippen molar-refractivity contribution in [1.29, 1.82) is 0 Å². The predicted octanol–water partition coefficient (Wildman–Crippen LogP) is 3.01. The van der Waals surface area contributed by atoms with Crippen molar-refractivity contribution >= 4 is 12.0 Å². The summed E-state index contributed by atoms with van der Waals surface area (Å²) in [5.41, 5.74) is 0.572. The molecule has 0 radical (unpaired) electrons. The van der Waals surface area contributed by atoms with Crippen molar-refractivity contribution in [2.75, 3.05) is 0 Å². The summed E-state index contributed by atoms with van der Waals surface area (Å²) < 4.78 is 5.07. The van der Waals surface area contributed by atoms with E-state index in [9.17, 15) is 9.90 Å². The lowest BCUT2D eigenvalue weighted by molar-refractivity contribution is -0.128. The Labute approximate surface area is 105 Å².